The maximum atomic E-state index is 11.1. The van der Waals surface area contributed by atoms with Crippen molar-refractivity contribution in [2.24, 2.45) is 0 Å². The van der Waals surface area contributed by atoms with Gasteiger partial charge in [-0.2, -0.15) is 0 Å². The molecular weight excluding hydrogens is 166 g/mol. The molecule has 3 heteroatoms. The van der Waals surface area contributed by atoms with Crippen molar-refractivity contribution >= 4 is 5.91 Å². The van der Waals surface area contributed by atoms with E-state index in [1.54, 1.807) is 14.0 Å². The predicted octanol–water partition coefficient (Wildman–Crippen LogP) is 1.42. The Hall–Kier alpha value is -0.570. The standard InChI is InChI=1S/C10H19NO2/c1-9(12)11-7-4-5-10(2,13-3)6-8-11/h4-8H2,1-3H3. The predicted molar refractivity (Wildman–Crippen MR) is 51.5 cm³/mol. The summed E-state index contributed by atoms with van der Waals surface area (Å²) in [5, 5.41) is 0. The molecule has 76 valence electrons. The van der Waals surface area contributed by atoms with Crippen molar-refractivity contribution in [1.82, 2.24) is 4.90 Å². The molecule has 0 aromatic heterocycles. The largest absolute Gasteiger partial charge is 0.378 e. The van der Waals surface area contributed by atoms with Gasteiger partial charge < -0.3 is 9.64 Å². The highest BCUT2D eigenvalue weighted by Crippen LogP contribution is 2.24. The lowest BCUT2D eigenvalue weighted by atomic mass is 9.97. The Morgan fingerprint density at radius 2 is 2.08 bits per heavy atom. The fraction of sp³-hybridized carbons (Fsp3) is 0.900. The van der Waals surface area contributed by atoms with Crippen LogP contribution < -0.4 is 0 Å². The van der Waals surface area contributed by atoms with E-state index in [0.29, 0.717) is 0 Å². The Balaban J connectivity index is 2.53. The molecule has 3 nitrogen and oxygen atoms in total. The average Bonchev–Trinajstić information content (AvgIpc) is 2.28. The van der Waals surface area contributed by atoms with E-state index in [0.717, 1.165) is 32.4 Å². The minimum absolute atomic E-state index is 0.0236. The Bertz CT molecular complexity index is 193. The fourth-order valence-electron chi connectivity index (χ4n) is 1.77. The van der Waals surface area contributed by atoms with Crippen LogP contribution in [-0.4, -0.2) is 36.6 Å². The second-order valence-corrected chi connectivity index (χ2v) is 4.01. The Labute approximate surface area is 80.1 Å². The number of carbonyl (C=O) groups is 1. The summed E-state index contributed by atoms with van der Waals surface area (Å²) in [6.07, 6.45) is 3.04. The zero-order valence-corrected chi connectivity index (χ0v) is 8.80. The lowest BCUT2D eigenvalue weighted by Gasteiger charge is -2.26. The molecule has 1 amide bonds. The van der Waals surface area contributed by atoms with Gasteiger partial charge in [0.25, 0.3) is 0 Å². The summed E-state index contributed by atoms with van der Waals surface area (Å²) in [7, 11) is 1.75. The highest BCUT2D eigenvalue weighted by Gasteiger charge is 2.27. The highest BCUT2D eigenvalue weighted by atomic mass is 16.5. The maximum absolute atomic E-state index is 11.1. The van der Waals surface area contributed by atoms with E-state index in [-0.39, 0.29) is 11.5 Å². The minimum Gasteiger partial charge on any atom is -0.378 e. The number of likely N-dealkylation sites (tertiary alicyclic amines) is 1. The van der Waals surface area contributed by atoms with Gasteiger partial charge in [0.15, 0.2) is 0 Å². The molecule has 13 heavy (non-hydrogen) atoms. The van der Waals surface area contributed by atoms with Gasteiger partial charge in [0.1, 0.15) is 0 Å². The molecule has 0 aliphatic carbocycles. The number of ether oxygens (including phenoxy) is 1. The number of carbonyl (C=O) groups excluding carboxylic acids is 1. The molecule has 1 aliphatic heterocycles. The van der Waals surface area contributed by atoms with Crippen molar-refractivity contribution in [3.63, 3.8) is 0 Å². The third kappa shape index (κ3) is 2.69. The van der Waals surface area contributed by atoms with Crippen LogP contribution in [0, 0.1) is 0 Å². The van der Waals surface area contributed by atoms with Crippen molar-refractivity contribution in [3.8, 4) is 0 Å². The number of hydrogen-bond acceptors (Lipinski definition) is 2. The van der Waals surface area contributed by atoms with Crippen LogP contribution >= 0.6 is 0 Å². The molecule has 0 aromatic rings. The van der Waals surface area contributed by atoms with E-state index in [1.807, 2.05) is 4.90 Å². The monoisotopic (exact) mass is 185 g/mol. The number of nitrogens with zero attached hydrogens (tertiary/aromatic N) is 1. The van der Waals surface area contributed by atoms with Gasteiger partial charge >= 0.3 is 0 Å². The minimum atomic E-state index is -0.0236. The molecule has 0 spiro atoms. The quantitative estimate of drug-likeness (QED) is 0.618. The van der Waals surface area contributed by atoms with E-state index in [4.69, 9.17) is 4.74 Å². The van der Waals surface area contributed by atoms with Gasteiger partial charge in [0.2, 0.25) is 5.91 Å². The molecule has 1 fully saturated rings. The summed E-state index contributed by atoms with van der Waals surface area (Å²) in [5.74, 6) is 0.181. The highest BCUT2D eigenvalue weighted by molar-refractivity contribution is 5.73. The van der Waals surface area contributed by atoms with Gasteiger partial charge in [-0.25, -0.2) is 0 Å². The summed E-state index contributed by atoms with van der Waals surface area (Å²) in [5.41, 5.74) is -0.0236. The van der Waals surface area contributed by atoms with Gasteiger partial charge in [-0.15, -0.1) is 0 Å². The van der Waals surface area contributed by atoms with Crippen LogP contribution in [-0.2, 0) is 9.53 Å². The van der Waals surface area contributed by atoms with Gasteiger partial charge in [-0.3, -0.25) is 4.79 Å². The van der Waals surface area contributed by atoms with E-state index >= 15 is 0 Å². The van der Waals surface area contributed by atoms with Crippen molar-refractivity contribution in [3.05, 3.63) is 0 Å². The first kappa shape index (κ1) is 10.5. The first-order valence-corrected chi connectivity index (χ1v) is 4.88. The average molecular weight is 185 g/mol. The van der Waals surface area contributed by atoms with Crippen molar-refractivity contribution < 1.29 is 9.53 Å². The Kier molecular flexibility index (Phi) is 3.31. The molecule has 0 saturated carbocycles. The van der Waals surface area contributed by atoms with E-state index in [1.165, 1.54) is 0 Å². The molecule has 0 N–H and O–H groups in total. The first-order valence-electron chi connectivity index (χ1n) is 4.88. The molecule has 1 aliphatic rings. The summed E-state index contributed by atoms with van der Waals surface area (Å²) in [6, 6.07) is 0. The van der Waals surface area contributed by atoms with Gasteiger partial charge in [-0.05, 0) is 26.2 Å². The second-order valence-electron chi connectivity index (χ2n) is 4.01. The number of hydrogen-bond donors (Lipinski definition) is 0. The zero-order chi connectivity index (χ0) is 9.90. The molecule has 1 saturated heterocycles. The number of methoxy groups -OCH3 is 1. The van der Waals surface area contributed by atoms with E-state index in [9.17, 15) is 4.79 Å². The molecule has 1 atom stereocenters. The van der Waals surface area contributed by atoms with Crippen molar-refractivity contribution in [1.29, 1.82) is 0 Å². The van der Waals surface area contributed by atoms with Crippen LogP contribution in [0.3, 0.4) is 0 Å². The Morgan fingerprint density at radius 1 is 1.38 bits per heavy atom. The summed E-state index contributed by atoms with van der Waals surface area (Å²) in [4.78, 5) is 13.0. The number of amides is 1. The van der Waals surface area contributed by atoms with Crippen LogP contribution in [0.1, 0.15) is 33.1 Å². The van der Waals surface area contributed by atoms with Gasteiger partial charge in [-0.1, -0.05) is 0 Å². The molecule has 1 rings (SSSR count). The fourth-order valence-corrected chi connectivity index (χ4v) is 1.77. The number of rotatable bonds is 1. The topological polar surface area (TPSA) is 29.5 Å². The van der Waals surface area contributed by atoms with Gasteiger partial charge in [0.05, 0.1) is 5.60 Å². The SMILES string of the molecule is COC1(C)CCCN(C(C)=O)CC1. The van der Waals surface area contributed by atoms with Gasteiger partial charge in [0, 0.05) is 27.1 Å². The van der Waals surface area contributed by atoms with Crippen LogP contribution in [0.4, 0.5) is 0 Å². The summed E-state index contributed by atoms with van der Waals surface area (Å²) < 4.78 is 5.45. The molecule has 0 bridgehead atoms. The third-order valence-electron chi connectivity index (χ3n) is 2.98. The van der Waals surface area contributed by atoms with E-state index in [2.05, 4.69) is 6.92 Å². The second kappa shape index (κ2) is 4.09. The van der Waals surface area contributed by atoms with Crippen molar-refractivity contribution in [2.75, 3.05) is 20.2 Å². The van der Waals surface area contributed by atoms with Crippen LogP contribution in [0.5, 0.6) is 0 Å². The molecule has 0 radical (unpaired) electrons. The third-order valence-corrected chi connectivity index (χ3v) is 2.98. The lowest BCUT2D eigenvalue weighted by molar-refractivity contribution is -0.128. The Morgan fingerprint density at radius 3 is 2.62 bits per heavy atom. The van der Waals surface area contributed by atoms with Crippen molar-refractivity contribution in [2.45, 2.75) is 38.7 Å². The molecule has 0 aromatic carbocycles. The molecule has 1 heterocycles. The molecule has 1 unspecified atom stereocenters. The first-order chi connectivity index (χ1) is 6.07. The van der Waals surface area contributed by atoms with Crippen LogP contribution in [0.15, 0.2) is 0 Å². The summed E-state index contributed by atoms with van der Waals surface area (Å²) >= 11 is 0. The normalized spacial score (nSPS) is 29.9. The maximum Gasteiger partial charge on any atom is 0.219 e. The molecular formula is C10H19NO2. The van der Waals surface area contributed by atoms with Crippen LogP contribution in [0.25, 0.3) is 0 Å². The zero-order valence-electron chi connectivity index (χ0n) is 8.80. The summed E-state index contributed by atoms with van der Waals surface area (Å²) in [6.45, 7) is 5.47. The lowest BCUT2D eigenvalue weighted by Crippen LogP contribution is -2.32. The smallest absolute Gasteiger partial charge is 0.219 e. The van der Waals surface area contributed by atoms with E-state index < -0.39 is 0 Å². The van der Waals surface area contributed by atoms with Crippen LogP contribution in [0.2, 0.25) is 0 Å².